The van der Waals surface area contributed by atoms with Gasteiger partial charge in [-0.25, -0.2) is 5.84 Å². The normalized spacial score (nSPS) is 9.69. The summed E-state index contributed by atoms with van der Waals surface area (Å²) >= 11 is 0. The van der Waals surface area contributed by atoms with Crippen LogP contribution in [-0.4, -0.2) is 22.4 Å². The number of rotatable bonds is 3. The minimum Gasteiger partial charge on any atom is -0.277 e. The Kier molecular flexibility index (Phi) is 3.40. The summed E-state index contributed by atoms with van der Waals surface area (Å²) < 4.78 is 0. The molecule has 4 nitrogen and oxygen atoms in total. The predicted octanol–water partition coefficient (Wildman–Crippen LogP) is 0.807. The van der Waals surface area contributed by atoms with Crippen LogP contribution in [0.1, 0.15) is 23.7 Å². The van der Waals surface area contributed by atoms with Crippen molar-refractivity contribution in [2.24, 2.45) is 5.84 Å². The number of hydrogen-bond acceptors (Lipinski definition) is 3. The zero-order valence-corrected chi connectivity index (χ0v) is 7.60. The Morgan fingerprint density at radius 3 is 2.69 bits per heavy atom. The number of hydrogen-bond donors (Lipinski definition) is 1. The molecule has 70 valence electrons. The molecule has 1 amide bonds. The van der Waals surface area contributed by atoms with E-state index in [1.165, 1.54) is 5.01 Å². The van der Waals surface area contributed by atoms with Gasteiger partial charge in [-0.1, -0.05) is 6.92 Å². The quantitative estimate of drug-likeness (QED) is 0.424. The van der Waals surface area contributed by atoms with Gasteiger partial charge in [0.1, 0.15) is 0 Å². The molecule has 4 heteroatoms. The number of aromatic nitrogens is 1. The molecule has 0 aliphatic heterocycles. The monoisotopic (exact) mass is 179 g/mol. The van der Waals surface area contributed by atoms with Crippen LogP contribution in [0.3, 0.4) is 0 Å². The first-order chi connectivity index (χ1) is 6.25. The third-order valence-electron chi connectivity index (χ3n) is 1.65. The van der Waals surface area contributed by atoms with Gasteiger partial charge in [0.2, 0.25) is 0 Å². The lowest BCUT2D eigenvalue weighted by Crippen LogP contribution is -2.37. The second kappa shape index (κ2) is 4.57. The minimum atomic E-state index is -0.163. The van der Waals surface area contributed by atoms with Crippen LogP contribution in [0.15, 0.2) is 24.5 Å². The van der Waals surface area contributed by atoms with Crippen LogP contribution >= 0.6 is 0 Å². The number of pyridine rings is 1. The van der Waals surface area contributed by atoms with Crippen molar-refractivity contribution >= 4 is 5.91 Å². The van der Waals surface area contributed by atoms with E-state index in [4.69, 9.17) is 5.84 Å². The average Bonchev–Trinajstić information content (AvgIpc) is 2.18. The van der Waals surface area contributed by atoms with E-state index in [0.717, 1.165) is 6.42 Å². The molecule has 1 heterocycles. The zero-order valence-electron chi connectivity index (χ0n) is 7.60. The largest absolute Gasteiger partial charge is 0.277 e. The van der Waals surface area contributed by atoms with Crippen LogP contribution < -0.4 is 5.84 Å². The minimum absolute atomic E-state index is 0.163. The molecule has 2 N–H and O–H groups in total. The maximum Gasteiger partial charge on any atom is 0.267 e. The van der Waals surface area contributed by atoms with Gasteiger partial charge in [0.05, 0.1) is 0 Å². The molecular weight excluding hydrogens is 166 g/mol. The van der Waals surface area contributed by atoms with Crippen molar-refractivity contribution in [1.82, 2.24) is 9.99 Å². The smallest absolute Gasteiger partial charge is 0.267 e. The summed E-state index contributed by atoms with van der Waals surface area (Å²) in [6.07, 6.45) is 4.01. The van der Waals surface area contributed by atoms with Gasteiger partial charge in [-0.2, -0.15) is 0 Å². The third-order valence-corrected chi connectivity index (χ3v) is 1.65. The number of amides is 1. The number of hydrazine groups is 1. The molecule has 0 saturated heterocycles. The first-order valence-corrected chi connectivity index (χ1v) is 4.22. The maximum atomic E-state index is 11.5. The fourth-order valence-corrected chi connectivity index (χ4v) is 1.00. The lowest BCUT2D eigenvalue weighted by molar-refractivity contribution is 0.0755. The Hall–Kier alpha value is -1.42. The van der Waals surface area contributed by atoms with Crippen LogP contribution in [-0.2, 0) is 0 Å². The molecule has 0 radical (unpaired) electrons. The molecule has 1 rings (SSSR count). The Morgan fingerprint density at radius 2 is 2.15 bits per heavy atom. The zero-order chi connectivity index (χ0) is 9.68. The first-order valence-electron chi connectivity index (χ1n) is 4.22. The van der Waals surface area contributed by atoms with Crippen molar-refractivity contribution in [3.63, 3.8) is 0 Å². The van der Waals surface area contributed by atoms with Crippen LogP contribution in [0.2, 0.25) is 0 Å². The lowest BCUT2D eigenvalue weighted by atomic mass is 10.2. The van der Waals surface area contributed by atoms with Gasteiger partial charge in [0.25, 0.3) is 5.91 Å². The van der Waals surface area contributed by atoms with Crippen molar-refractivity contribution in [3.8, 4) is 0 Å². The molecule has 0 bridgehead atoms. The maximum absolute atomic E-state index is 11.5. The standard InChI is InChI=1S/C9H13N3O/c1-2-7-12(10)9(13)8-3-5-11-6-4-8/h3-6H,2,7,10H2,1H3. The molecule has 1 aromatic heterocycles. The molecule has 0 saturated carbocycles. The third kappa shape index (κ3) is 2.52. The highest BCUT2D eigenvalue weighted by Crippen LogP contribution is 2.00. The number of carbonyl (C=O) groups is 1. The Morgan fingerprint density at radius 1 is 1.54 bits per heavy atom. The lowest BCUT2D eigenvalue weighted by Gasteiger charge is -2.14. The van der Waals surface area contributed by atoms with E-state index in [-0.39, 0.29) is 5.91 Å². The van der Waals surface area contributed by atoms with Gasteiger partial charge < -0.3 is 0 Å². The van der Waals surface area contributed by atoms with E-state index in [2.05, 4.69) is 4.98 Å². The van der Waals surface area contributed by atoms with Crippen LogP contribution in [0, 0.1) is 0 Å². The first kappa shape index (κ1) is 9.67. The summed E-state index contributed by atoms with van der Waals surface area (Å²) in [4.78, 5) is 15.3. The highest BCUT2D eigenvalue weighted by Gasteiger charge is 2.09. The van der Waals surface area contributed by atoms with Gasteiger partial charge in [-0.05, 0) is 18.6 Å². The molecule has 0 unspecified atom stereocenters. The van der Waals surface area contributed by atoms with Crippen molar-refractivity contribution < 1.29 is 4.79 Å². The molecule has 0 aliphatic rings. The summed E-state index contributed by atoms with van der Waals surface area (Å²) in [5.74, 6) is 5.36. The average molecular weight is 179 g/mol. The molecule has 0 atom stereocenters. The highest BCUT2D eigenvalue weighted by molar-refractivity contribution is 5.93. The fraction of sp³-hybridized carbons (Fsp3) is 0.333. The molecule has 0 aromatic carbocycles. The van der Waals surface area contributed by atoms with E-state index in [1.807, 2.05) is 6.92 Å². The molecule has 0 aliphatic carbocycles. The van der Waals surface area contributed by atoms with Crippen LogP contribution in [0.4, 0.5) is 0 Å². The fourth-order valence-electron chi connectivity index (χ4n) is 1.00. The van der Waals surface area contributed by atoms with Gasteiger partial charge >= 0.3 is 0 Å². The SMILES string of the molecule is CCCN(N)C(=O)c1ccncc1. The summed E-state index contributed by atoms with van der Waals surface area (Å²) in [7, 11) is 0. The Labute approximate surface area is 77.3 Å². The Bertz CT molecular complexity index is 273. The summed E-state index contributed by atoms with van der Waals surface area (Å²) in [5, 5.41) is 1.22. The second-order valence-electron chi connectivity index (χ2n) is 2.73. The van der Waals surface area contributed by atoms with E-state index < -0.39 is 0 Å². The van der Waals surface area contributed by atoms with E-state index in [9.17, 15) is 4.79 Å². The van der Waals surface area contributed by atoms with Gasteiger partial charge in [-0.3, -0.25) is 14.8 Å². The van der Waals surface area contributed by atoms with Gasteiger partial charge in [0.15, 0.2) is 0 Å². The van der Waals surface area contributed by atoms with Crippen molar-refractivity contribution in [2.75, 3.05) is 6.54 Å². The molecule has 13 heavy (non-hydrogen) atoms. The van der Waals surface area contributed by atoms with Crippen LogP contribution in [0.25, 0.3) is 0 Å². The Balaban J connectivity index is 2.68. The number of carbonyl (C=O) groups excluding carboxylic acids is 1. The summed E-state index contributed by atoms with van der Waals surface area (Å²) in [6, 6.07) is 3.30. The molecular formula is C9H13N3O. The topological polar surface area (TPSA) is 59.2 Å². The number of nitrogens with two attached hydrogens (primary N) is 1. The van der Waals surface area contributed by atoms with E-state index >= 15 is 0 Å². The van der Waals surface area contributed by atoms with Crippen LogP contribution in [0.5, 0.6) is 0 Å². The van der Waals surface area contributed by atoms with Crippen molar-refractivity contribution in [2.45, 2.75) is 13.3 Å². The van der Waals surface area contributed by atoms with Gasteiger partial charge in [0, 0.05) is 24.5 Å². The van der Waals surface area contributed by atoms with E-state index in [1.54, 1.807) is 24.5 Å². The summed E-state index contributed by atoms with van der Waals surface area (Å²) in [5.41, 5.74) is 0.575. The highest BCUT2D eigenvalue weighted by atomic mass is 16.2. The molecule has 0 fully saturated rings. The molecule has 0 spiro atoms. The van der Waals surface area contributed by atoms with Crippen molar-refractivity contribution in [1.29, 1.82) is 0 Å². The van der Waals surface area contributed by atoms with E-state index in [0.29, 0.717) is 12.1 Å². The second-order valence-corrected chi connectivity index (χ2v) is 2.73. The van der Waals surface area contributed by atoms with Crippen molar-refractivity contribution in [3.05, 3.63) is 30.1 Å². The predicted molar refractivity (Wildman–Crippen MR) is 49.8 cm³/mol. The molecule has 1 aromatic rings. The summed E-state index contributed by atoms with van der Waals surface area (Å²) in [6.45, 7) is 2.54. The van der Waals surface area contributed by atoms with Gasteiger partial charge in [-0.15, -0.1) is 0 Å². The number of nitrogens with zero attached hydrogens (tertiary/aromatic N) is 2.